The van der Waals surface area contributed by atoms with Crippen LogP contribution in [-0.2, 0) is 6.42 Å². The molecule has 0 saturated heterocycles. The Kier molecular flexibility index (Phi) is 2.39. The lowest BCUT2D eigenvalue weighted by Crippen LogP contribution is -2.02. The molecule has 0 saturated carbocycles. The second-order valence-electron chi connectivity index (χ2n) is 4.98. The fourth-order valence-corrected chi connectivity index (χ4v) is 4.19. The maximum atomic E-state index is 6.16. The molecule has 1 aliphatic rings. The number of hydrogen-bond acceptors (Lipinski definition) is 2. The molecule has 2 heterocycles. The standard InChI is InChI=1S/C17H14OS/c1-11-17-13-7-3-5-9-15(13)19-16(17)10-12-6-2-4-8-14(12)18-11/h2-9,11H,10H2,1H3. The van der Waals surface area contributed by atoms with Gasteiger partial charge in [-0.1, -0.05) is 36.4 Å². The van der Waals surface area contributed by atoms with Crippen molar-refractivity contribution in [1.29, 1.82) is 0 Å². The van der Waals surface area contributed by atoms with E-state index in [9.17, 15) is 0 Å². The maximum Gasteiger partial charge on any atom is 0.123 e. The van der Waals surface area contributed by atoms with E-state index < -0.39 is 0 Å². The van der Waals surface area contributed by atoms with Crippen molar-refractivity contribution in [1.82, 2.24) is 0 Å². The van der Waals surface area contributed by atoms with Gasteiger partial charge in [0.15, 0.2) is 0 Å². The normalized spacial score (nSPS) is 17.4. The number of fused-ring (bicyclic) bond motifs is 4. The summed E-state index contributed by atoms with van der Waals surface area (Å²) in [4.78, 5) is 1.44. The number of rotatable bonds is 0. The Labute approximate surface area is 116 Å². The zero-order chi connectivity index (χ0) is 12.8. The lowest BCUT2D eigenvalue weighted by atomic mass is 10.0. The highest BCUT2D eigenvalue weighted by molar-refractivity contribution is 7.19. The molecule has 0 fully saturated rings. The highest BCUT2D eigenvalue weighted by Crippen LogP contribution is 2.42. The van der Waals surface area contributed by atoms with E-state index in [-0.39, 0.29) is 6.10 Å². The van der Waals surface area contributed by atoms with Gasteiger partial charge in [-0.25, -0.2) is 0 Å². The van der Waals surface area contributed by atoms with Crippen molar-refractivity contribution in [2.75, 3.05) is 0 Å². The van der Waals surface area contributed by atoms with Gasteiger partial charge < -0.3 is 4.74 Å². The van der Waals surface area contributed by atoms with Crippen molar-refractivity contribution >= 4 is 21.4 Å². The van der Waals surface area contributed by atoms with E-state index in [1.807, 2.05) is 17.4 Å². The van der Waals surface area contributed by atoms with Crippen LogP contribution in [0, 0.1) is 0 Å². The van der Waals surface area contributed by atoms with Gasteiger partial charge in [-0.05, 0) is 30.0 Å². The Morgan fingerprint density at radius 3 is 2.79 bits per heavy atom. The van der Waals surface area contributed by atoms with Gasteiger partial charge in [0.25, 0.3) is 0 Å². The van der Waals surface area contributed by atoms with E-state index >= 15 is 0 Å². The van der Waals surface area contributed by atoms with Gasteiger partial charge in [-0.15, -0.1) is 11.3 Å². The first-order valence-electron chi connectivity index (χ1n) is 6.58. The third kappa shape index (κ3) is 1.67. The fourth-order valence-electron chi connectivity index (χ4n) is 2.88. The molecular weight excluding hydrogens is 252 g/mol. The van der Waals surface area contributed by atoms with Crippen molar-refractivity contribution in [3.8, 4) is 5.75 Å². The molecule has 0 N–H and O–H groups in total. The molecule has 2 heteroatoms. The molecule has 0 spiro atoms. The Bertz CT molecular complexity index is 757. The van der Waals surface area contributed by atoms with Gasteiger partial charge >= 0.3 is 0 Å². The lowest BCUT2D eigenvalue weighted by Gasteiger charge is -2.14. The Morgan fingerprint density at radius 2 is 1.84 bits per heavy atom. The molecule has 4 rings (SSSR count). The molecule has 0 amide bonds. The third-order valence-corrected chi connectivity index (χ3v) is 4.93. The molecule has 3 aromatic rings. The van der Waals surface area contributed by atoms with Crippen LogP contribution in [0.1, 0.15) is 29.0 Å². The van der Waals surface area contributed by atoms with Crippen LogP contribution < -0.4 is 4.74 Å². The number of thiophene rings is 1. The SMILES string of the molecule is CC1Oc2ccccc2Cc2sc3ccccc3c21. The van der Waals surface area contributed by atoms with E-state index in [1.165, 1.54) is 26.1 Å². The molecule has 0 aliphatic carbocycles. The summed E-state index contributed by atoms with van der Waals surface area (Å²) in [6.07, 6.45) is 1.10. The quantitative estimate of drug-likeness (QED) is 0.559. The first-order valence-corrected chi connectivity index (χ1v) is 7.39. The van der Waals surface area contributed by atoms with Crippen LogP contribution >= 0.6 is 11.3 Å². The summed E-state index contributed by atoms with van der Waals surface area (Å²) >= 11 is 1.90. The van der Waals surface area contributed by atoms with Gasteiger partial charge in [-0.2, -0.15) is 0 Å². The van der Waals surface area contributed by atoms with Gasteiger partial charge in [0, 0.05) is 21.6 Å². The van der Waals surface area contributed by atoms with Crippen LogP contribution in [0.15, 0.2) is 48.5 Å². The molecule has 1 unspecified atom stereocenters. The van der Waals surface area contributed by atoms with Gasteiger partial charge in [0.05, 0.1) is 0 Å². The minimum Gasteiger partial charge on any atom is -0.486 e. The molecule has 0 bridgehead atoms. The first-order chi connectivity index (χ1) is 9.33. The summed E-state index contributed by atoms with van der Waals surface area (Å²) < 4.78 is 7.52. The number of ether oxygens (including phenoxy) is 1. The summed E-state index contributed by atoms with van der Waals surface area (Å²) in [5, 5.41) is 1.35. The van der Waals surface area contributed by atoms with Crippen LogP contribution in [-0.4, -0.2) is 0 Å². The maximum absolute atomic E-state index is 6.16. The number of para-hydroxylation sites is 1. The van der Waals surface area contributed by atoms with E-state index in [2.05, 4.69) is 49.4 Å². The van der Waals surface area contributed by atoms with Crippen LogP contribution in [0.5, 0.6) is 5.75 Å². The lowest BCUT2D eigenvalue weighted by molar-refractivity contribution is 0.229. The molecule has 1 atom stereocenters. The average Bonchev–Trinajstić information content (AvgIpc) is 2.72. The zero-order valence-electron chi connectivity index (χ0n) is 10.7. The minimum atomic E-state index is 0.120. The number of benzene rings is 2. The second-order valence-corrected chi connectivity index (χ2v) is 6.12. The number of hydrogen-bond donors (Lipinski definition) is 0. The molecule has 19 heavy (non-hydrogen) atoms. The van der Waals surface area contributed by atoms with Crippen LogP contribution in [0.4, 0.5) is 0 Å². The van der Waals surface area contributed by atoms with E-state index in [0.717, 1.165) is 12.2 Å². The van der Waals surface area contributed by atoms with Gasteiger partial charge in [0.1, 0.15) is 11.9 Å². The summed E-state index contributed by atoms with van der Waals surface area (Å²) in [7, 11) is 0. The van der Waals surface area contributed by atoms with Crippen molar-refractivity contribution in [2.45, 2.75) is 19.4 Å². The monoisotopic (exact) mass is 266 g/mol. The van der Waals surface area contributed by atoms with Gasteiger partial charge in [-0.3, -0.25) is 0 Å². The average molecular weight is 266 g/mol. The molecular formula is C17H14OS. The van der Waals surface area contributed by atoms with Crippen molar-refractivity contribution < 1.29 is 4.74 Å². The molecule has 2 aromatic carbocycles. The Hall–Kier alpha value is -1.80. The van der Waals surface area contributed by atoms with Crippen molar-refractivity contribution in [3.05, 3.63) is 64.5 Å². The fraction of sp³-hybridized carbons (Fsp3) is 0.176. The largest absolute Gasteiger partial charge is 0.486 e. The smallest absolute Gasteiger partial charge is 0.123 e. The summed E-state index contributed by atoms with van der Waals surface area (Å²) in [6.45, 7) is 2.15. The third-order valence-electron chi connectivity index (χ3n) is 3.74. The molecule has 1 nitrogen and oxygen atoms in total. The highest BCUT2D eigenvalue weighted by atomic mass is 32.1. The highest BCUT2D eigenvalue weighted by Gasteiger charge is 2.23. The van der Waals surface area contributed by atoms with Crippen LogP contribution in [0.25, 0.3) is 10.1 Å². The Morgan fingerprint density at radius 1 is 1.05 bits per heavy atom. The summed E-state index contributed by atoms with van der Waals surface area (Å²) in [5.41, 5.74) is 2.66. The molecule has 94 valence electrons. The zero-order valence-corrected chi connectivity index (χ0v) is 11.5. The Balaban J connectivity index is 1.97. The molecule has 1 aliphatic heterocycles. The van der Waals surface area contributed by atoms with E-state index in [4.69, 9.17) is 4.74 Å². The summed E-state index contributed by atoms with van der Waals surface area (Å²) in [5.74, 6) is 1.03. The van der Waals surface area contributed by atoms with E-state index in [1.54, 1.807) is 0 Å². The predicted molar refractivity (Wildman–Crippen MR) is 80.1 cm³/mol. The van der Waals surface area contributed by atoms with E-state index in [0.29, 0.717) is 0 Å². The topological polar surface area (TPSA) is 9.23 Å². The minimum absolute atomic E-state index is 0.120. The van der Waals surface area contributed by atoms with Crippen LogP contribution in [0.2, 0.25) is 0 Å². The van der Waals surface area contributed by atoms with Crippen LogP contribution in [0.3, 0.4) is 0 Å². The predicted octanol–water partition coefficient (Wildman–Crippen LogP) is 4.95. The van der Waals surface area contributed by atoms with Crippen molar-refractivity contribution in [2.24, 2.45) is 0 Å². The first kappa shape index (κ1) is 11.1. The van der Waals surface area contributed by atoms with Crippen molar-refractivity contribution in [3.63, 3.8) is 0 Å². The second kappa shape index (κ2) is 4.10. The van der Waals surface area contributed by atoms with Gasteiger partial charge in [0.2, 0.25) is 0 Å². The summed E-state index contributed by atoms with van der Waals surface area (Å²) in [6, 6.07) is 17.0. The molecule has 0 radical (unpaired) electrons. The molecule has 1 aromatic heterocycles.